The number of carbonyl (C=O) groups is 1. The van der Waals surface area contributed by atoms with E-state index in [0.29, 0.717) is 4.90 Å². The molecular weight excluding hydrogens is 251 g/mol. The second kappa shape index (κ2) is 5.16. The van der Waals surface area contributed by atoms with E-state index in [1.807, 2.05) is 0 Å². The van der Waals surface area contributed by atoms with Gasteiger partial charge in [0.05, 0.1) is 12.7 Å². The molecule has 18 heavy (non-hydrogen) atoms. The molecule has 7 heteroatoms. The molecule has 0 saturated carbocycles. The van der Waals surface area contributed by atoms with Crippen LogP contribution in [0.4, 0.5) is 13.2 Å². The van der Waals surface area contributed by atoms with Crippen LogP contribution in [-0.4, -0.2) is 42.8 Å². The molecule has 0 aliphatic carbocycles. The summed E-state index contributed by atoms with van der Waals surface area (Å²) in [7, 11) is 2.36. The molecule has 0 aromatic heterocycles. The minimum atomic E-state index is -4.49. The van der Waals surface area contributed by atoms with Crippen molar-refractivity contribution >= 4 is 5.91 Å². The second-order valence-electron chi connectivity index (χ2n) is 3.66. The molecule has 1 N–H and O–H groups in total. The summed E-state index contributed by atoms with van der Waals surface area (Å²) in [5.41, 5.74) is -0.235. The van der Waals surface area contributed by atoms with Crippen molar-refractivity contribution in [2.24, 2.45) is 0 Å². The van der Waals surface area contributed by atoms with Crippen molar-refractivity contribution in [1.82, 2.24) is 4.90 Å². The van der Waals surface area contributed by atoms with Gasteiger partial charge in [-0.05, 0) is 18.2 Å². The van der Waals surface area contributed by atoms with Crippen LogP contribution in [0.15, 0.2) is 18.2 Å². The van der Waals surface area contributed by atoms with E-state index in [1.165, 1.54) is 25.3 Å². The molecule has 1 rings (SSSR count). The van der Waals surface area contributed by atoms with E-state index in [4.69, 9.17) is 4.74 Å². The van der Waals surface area contributed by atoms with E-state index in [1.54, 1.807) is 0 Å². The van der Waals surface area contributed by atoms with Gasteiger partial charge in [0.15, 0.2) is 0 Å². The summed E-state index contributed by atoms with van der Waals surface area (Å²) < 4.78 is 41.3. The van der Waals surface area contributed by atoms with Crippen LogP contribution in [0.1, 0.15) is 10.4 Å². The molecule has 4 nitrogen and oxygen atoms in total. The van der Waals surface area contributed by atoms with E-state index in [9.17, 15) is 23.1 Å². The van der Waals surface area contributed by atoms with Gasteiger partial charge in [-0.15, -0.1) is 0 Å². The Morgan fingerprint density at radius 2 is 2.06 bits per heavy atom. The highest BCUT2D eigenvalue weighted by molar-refractivity contribution is 5.97. The lowest BCUT2D eigenvalue weighted by molar-refractivity contribution is -0.138. The number of hydrogen-bond donors (Lipinski definition) is 1. The van der Waals surface area contributed by atoms with Gasteiger partial charge in [0, 0.05) is 7.05 Å². The van der Waals surface area contributed by atoms with Crippen LogP contribution in [0.2, 0.25) is 0 Å². The summed E-state index contributed by atoms with van der Waals surface area (Å²) in [6, 6.07) is 3.77. The molecule has 0 fully saturated rings. The zero-order chi connectivity index (χ0) is 13.9. The molecule has 0 spiro atoms. The molecule has 0 bridgehead atoms. The predicted molar refractivity (Wildman–Crippen MR) is 57.7 cm³/mol. The largest absolute Gasteiger partial charge is 0.507 e. The SMILES string of the molecule is COc1ccc(O)c(C(=O)N(C)CC(F)(F)F)c1. The van der Waals surface area contributed by atoms with Crippen molar-refractivity contribution < 1.29 is 27.8 Å². The number of phenolic OH excluding ortho intramolecular Hbond substituents is 1. The van der Waals surface area contributed by atoms with Gasteiger partial charge in [-0.25, -0.2) is 0 Å². The van der Waals surface area contributed by atoms with E-state index in [-0.39, 0.29) is 11.3 Å². The van der Waals surface area contributed by atoms with Crippen molar-refractivity contribution in [3.63, 3.8) is 0 Å². The number of rotatable bonds is 3. The minimum Gasteiger partial charge on any atom is -0.507 e. The fourth-order valence-corrected chi connectivity index (χ4v) is 1.36. The van der Waals surface area contributed by atoms with Crippen LogP contribution < -0.4 is 4.74 Å². The highest BCUT2D eigenvalue weighted by atomic mass is 19.4. The molecule has 0 atom stereocenters. The first-order valence-corrected chi connectivity index (χ1v) is 4.94. The zero-order valence-corrected chi connectivity index (χ0v) is 9.78. The zero-order valence-electron chi connectivity index (χ0n) is 9.78. The lowest BCUT2D eigenvalue weighted by Gasteiger charge is -2.19. The minimum absolute atomic E-state index is 0.235. The number of benzene rings is 1. The Morgan fingerprint density at radius 3 is 2.56 bits per heavy atom. The highest BCUT2D eigenvalue weighted by Crippen LogP contribution is 2.25. The summed E-state index contributed by atoms with van der Waals surface area (Å²) in [4.78, 5) is 12.2. The van der Waals surface area contributed by atoms with Gasteiger partial charge in [0.1, 0.15) is 18.0 Å². The standard InChI is InChI=1S/C11H12F3NO3/c1-15(6-11(12,13)14)10(17)8-5-7(18-2)3-4-9(8)16/h3-5,16H,6H2,1-2H3. The van der Waals surface area contributed by atoms with E-state index in [0.717, 1.165) is 7.05 Å². The topological polar surface area (TPSA) is 49.8 Å². The molecule has 0 unspecified atom stereocenters. The Kier molecular flexibility index (Phi) is 4.05. The number of halogens is 3. The Morgan fingerprint density at radius 1 is 1.44 bits per heavy atom. The Hall–Kier alpha value is -1.92. The third-order valence-electron chi connectivity index (χ3n) is 2.20. The van der Waals surface area contributed by atoms with Crippen molar-refractivity contribution in [2.45, 2.75) is 6.18 Å². The van der Waals surface area contributed by atoms with Gasteiger partial charge in [-0.3, -0.25) is 4.79 Å². The maximum absolute atomic E-state index is 12.1. The van der Waals surface area contributed by atoms with Gasteiger partial charge in [0.2, 0.25) is 0 Å². The predicted octanol–water partition coefficient (Wildman–Crippen LogP) is 2.04. The maximum atomic E-state index is 12.1. The number of amides is 1. The first-order chi connectivity index (χ1) is 8.24. The fourth-order valence-electron chi connectivity index (χ4n) is 1.36. The van der Waals surface area contributed by atoms with Crippen LogP contribution in [0.3, 0.4) is 0 Å². The van der Waals surface area contributed by atoms with Crippen LogP contribution in [0, 0.1) is 0 Å². The third kappa shape index (κ3) is 3.54. The van der Waals surface area contributed by atoms with Gasteiger partial charge >= 0.3 is 6.18 Å². The summed E-state index contributed by atoms with van der Waals surface area (Å²) in [5.74, 6) is -1.05. The fraction of sp³-hybridized carbons (Fsp3) is 0.364. The number of nitrogens with zero attached hydrogens (tertiary/aromatic N) is 1. The molecule has 1 aromatic carbocycles. The highest BCUT2D eigenvalue weighted by Gasteiger charge is 2.32. The average molecular weight is 263 g/mol. The van der Waals surface area contributed by atoms with Gasteiger partial charge in [0.25, 0.3) is 5.91 Å². The van der Waals surface area contributed by atoms with E-state index < -0.39 is 24.4 Å². The Labute approximate surface area is 102 Å². The number of carbonyl (C=O) groups excluding carboxylic acids is 1. The van der Waals surface area contributed by atoms with Gasteiger partial charge in [-0.2, -0.15) is 13.2 Å². The van der Waals surface area contributed by atoms with Crippen LogP contribution in [0.5, 0.6) is 11.5 Å². The summed E-state index contributed by atoms with van der Waals surface area (Å²) in [6.07, 6.45) is -4.49. The van der Waals surface area contributed by atoms with Crippen molar-refractivity contribution in [1.29, 1.82) is 0 Å². The molecule has 0 heterocycles. The lowest BCUT2D eigenvalue weighted by Crippen LogP contribution is -2.35. The van der Waals surface area contributed by atoms with Gasteiger partial charge in [-0.1, -0.05) is 0 Å². The summed E-state index contributed by atoms with van der Waals surface area (Å²) in [5, 5.41) is 9.46. The normalized spacial score (nSPS) is 11.2. The van der Waals surface area contributed by atoms with Crippen molar-refractivity contribution in [3.8, 4) is 11.5 Å². The van der Waals surface area contributed by atoms with Crippen LogP contribution >= 0.6 is 0 Å². The Balaban J connectivity index is 2.96. The van der Waals surface area contributed by atoms with Crippen molar-refractivity contribution in [2.75, 3.05) is 20.7 Å². The van der Waals surface area contributed by atoms with Gasteiger partial charge < -0.3 is 14.7 Å². The number of hydrogen-bond acceptors (Lipinski definition) is 3. The van der Waals surface area contributed by atoms with E-state index >= 15 is 0 Å². The monoisotopic (exact) mass is 263 g/mol. The number of ether oxygens (including phenoxy) is 1. The number of phenols is 1. The molecule has 0 aliphatic heterocycles. The number of aromatic hydroxyl groups is 1. The molecule has 0 radical (unpaired) electrons. The molecular formula is C11H12F3NO3. The smallest absolute Gasteiger partial charge is 0.406 e. The molecule has 100 valence electrons. The van der Waals surface area contributed by atoms with E-state index in [2.05, 4.69) is 0 Å². The summed E-state index contributed by atoms with van der Waals surface area (Å²) >= 11 is 0. The van der Waals surface area contributed by atoms with Crippen LogP contribution in [0.25, 0.3) is 0 Å². The summed E-state index contributed by atoms with van der Waals surface area (Å²) in [6.45, 7) is -1.39. The van der Waals surface area contributed by atoms with Crippen LogP contribution in [-0.2, 0) is 0 Å². The number of alkyl halides is 3. The first-order valence-electron chi connectivity index (χ1n) is 4.94. The molecule has 0 aliphatic rings. The average Bonchev–Trinajstić information content (AvgIpc) is 2.26. The maximum Gasteiger partial charge on any atom is 0.406 e. The second-order valence-corrected chi connectivity index (χ2v) is 3.66. The third-order valence-corrected chi connectivity index (χ3v) is 2.20. The Bertz CT molecular complexity index is 446. The molecule has 1 aromatic rings. The lowest BCUT2D eigenvalue weighted by atomic mass is 10.1. The molecule has 0 saturated heterocycles. The number of methoxy groups -OCH3 is 1. The quantitative estimate of drug-likeness (QED) is 0.907. The molecule has 1 amide bonds. The van der Waals surface area contributed by atoms with Crippen molar-refractivity contribution in [3.05, 3.63) is 23.8 Å². The first kappa shape index (κ1) is 14.1.